The van der Waals surface area contributed by atoms with Gasteiger partial charge in [0.15, 0.2) is 0 Å². The van der Waals surface area contributed by atoms with Gasteiger partial charge in [-0.15, -0.1) is 0 Å². The summed E-state index contributed by atoms with van der Waals surface area (Å²) in [7, 11) is -4.14. The van der Waals surface area contributed by atoms with Crippen molar-refractivity contribution in [1.29, 1.82) is 0 Å². The van der Waals surface area contributed by atoms with Gasteiger partial charge in [-0.05, 0) is 86.1 Å². The van der Waals surface area contributed by atoms with E-state index in [1.165, 1.54) is 12.1 Å². The molecule has 6 nitrogen and oxygen atoms in total. The lowest BCUT2D eigenvalue weighted by molar-refractivity contribution is -0.114. The molecule has 1 N–H and O–H groups in total. The molecule has 0 spiro atoms. The minimum Gasteiger partial charge on any atom is -0.494 e. The van der Waals surface area contributed by atoms with Gasteiger partial charge in [-0.3, -0.25) is 9.10 Å². The van der Waals surface area contributed by atoms with Gasteiger partial charge in [0.2, 0.25) is 5.91 Å². The number of carbonyl (C=O) groups excluding carboxylic acids is 1. The summed E-state index contributed by atoms with van der Waals surface area (Å²) in [5.41, 5.74) is 1.74. The van der Waals surface area contributed by atoms with E-state index in [1.807, 2.05) is 13.8 Å². The molecular formula is C23H22BrFN2O4S. The van der Waals surface area contributed by atoms with Gasteiger partial charge in [0.05, 0.1) is 17.2 Å². The van der Waals surface area contributed by atoms with E-state index in [1.54, 1.807) is 42.5 Å². The molecule has 0 fully saturated rings. The van der Waals surface area contributed by atoms with Gasteiger partial charge in [-0.25, -0.2) is 12.8 Å². The molecule has 168 valence electrons. The van der Waals surface area contributed by atoms with Crippen LogP contribution < -0.4 is 14.4 Å². The van der Waals surface area contributed by atoms with E-state index in [0.29, 0.717) is 18.0 Å². The third-order valence-electron chi connectivity index (χ3n) is 4.57. The van der Waals surface area contributed by atoms with E-state index in [0.717, 1.165) is 26.5 Å². The fourth-order valence-corrected chi connectivity index (χ4v) is 4.65. The first-order valence-electron chi connectivity index (χ1n) is 9.78. The monoisotopic (exact) mass is 520 g/mol. The molecule has 0 saturated heterocycles. The maximum Gasteiger partial charge on any atom is 0.264 e. The summed E-state index contributed by atoms with van der Waals surface area (Å²) in [4.78, 5) is 12.7. The van der Waals surface area contributed by atoms with Gasteiger partial charge >= 0.3 is 0 Å². The number of carbonyl (C=O) groups is 1. The molecule has 3 aromatic carbocycles. The number of benzene rings is 3. The van der Waals surface area contributed by atoms with Crippen LogP contribution >= 0.6 is 15.9 Å². The van der Waals surface area contributed by atoms with E-state index >= 15 is 0 Å². The Morgan fingerprint density at radius 1 is 1.06 bits per heavy atom. The quantitative estimate of drug-likeness (QED) is 0.446. The molecule has 0 aliphatic heterocycles. The number of nitrogens with one attached hydrogen (secondary N) is 1. The van der Waals surface area contributed by atoms with E-state index in [-0.39, 0.29) is 10.6 Å². The molecule has 1 amide bonds. The zero-order valence-electron chi connectivity index (χ0n) is 17.5. The van der Waals surface area contributed by atoms with E-state index < -0.39 is 28.3 Å². The van der Waals surface area contributed by atoms with Crippen molar-refractivity contribution in [2.24, 2.45) is 0 Å². The van der Waals surface area contributed by atoms with Gasteiger partial charge in [0.1, 0.15) is 18.1 Å². The summed E-state index contributed by atoms with van der Waals surface area (Å²) in [5.74, 6) is -0.503. The Balaban J connectivity index is 1.93. The first-order chi connectivity index (χ1) is 15.2. The highest BCUT2D eigenvalue weighted by molar-refractivity contribution is 9.10. The highest BCUT2D eigenvalue weighted by atomic mass is 79.9. The molecular weight excluding hydrogens is 499 g/mol. The van der Waals surface area contributed by atoms with Crippen LogP contribution in [0.1, 0.15) is 12.5 Å². The van der Waals surface area contributed by atoms with Crippen LogP contribution in [0.5, 0.6) is 5.75 Å². The van der Waals surface area contributed by atoms with Crippen LogP contribution in [0.15, 0.2) is 76.1 Å². The number of anilines is 2. The minimum absolute atomic E-state index is 0.125. The van der Waals surface area contributed by atoms with E-state index in [9.17, 15) is 17.6 Å². The molecule has 0 atom stereocenters. The lowest BCUT2D eigenvalue weighted by atomic mass is 10.2. The average Bonchev–Trinajstić information content (AvgIpc) is 2.76. The van der Waals surface area contributed by atoms with Crippen LogP contribution in [-0.4, -0.2) is 27.5 Å². The maximum absolute atomic E-state index is 13.3. The minimum atomic E-state index is -4.14. The highest BCUT2D eigenvalue weighted by Crippen LogP contribution is 2.26. The SMILES string of the molecule is CCOc1ccc(N(CC(=O)Nc2ccc(Br)c(C)c2)S(=O)(=O)c2ccc(F)cc2)cc1. The van der Waals surface area contributed by atoms with Gasteiger partial charge in [-0.2, -0.15) is 0 Å². The van der Waals surface area contributed by atoms with Crippen molar-refractivity contribution in [3.05, 3.63) is 82.6 Å². The molecule has 9 heteroatoms. The molecule has 0 bridgehead atoms. The van der Waals surface area contributed by atoms with Crippen LogP contribution in [0.2, 0.25) is 0 Å². The molecule has 0 radical (unpaired) electrons. The number of rotatable bonds is 8. The van der Waals surface area contributed by atoms with Crippen molar-refractivity contribution in [1.82, 2.24) is 0 Å². The second kappa shape index (κ2) is 10.1. The third kappa shape index (κ3) is 5.66. The standard InChI is InChI=1S/C23H22BrFN2O4S/c1-3-31-20-9-7-19(8-10-20)27(32(29,30)21-11-4-17(25)5-12-21)15-23(28)26-18-6-13-22(24)16(2)14-18/h4-14H,3,15H2,1-2H3,(H,26,28). The summed E-state index contributed by atoms with van der Waals surface area (Å²) < 4.78 is 47.3. The third-order valence-corrected chi connectivity index (χ3v) is 7.24. The summed E-state index contributed by atoms with van der Waals surface area (Å²) in [5, 5.41) is 2.72. The van der Waals surface area contributed by atoms with Crippen molar-refractivity contribution in [3.63, 3.8) is 0 Å². The average molecular weight is 521 g/mol. The zero-order valence-corrected chi connectivity index (χ0v) is 19.9. The van der Waals surface area contributed by atoms with Crippen LogP contribution in [0.4, 0.5) is 15.8 Å². The second-order valence-electron chi connectivity index (χ2n) is 6.90. The van der Waals surface area contributed by atoms with Crippen molar-refractivity contribution in [2.45, 2.75) is 18.7 Å². The largest absolute Gasteiger partial charge is 0.494 e. The Morgan fingerprint density at radius 2 is 1.72 bits per heavy atom. The number of hydrogen-bond acceptors (Lipinski definition) is 4. The summed E-state index contributed by atoms with van der Waals surface area (Å²) in [6.07, 6.45) is 0. The van der Waals surface area contributed by atoms with Crippen molar-refractivity contribution in [2.75, 3.05) is 22.8 Å². The number of ether oxygens (including phenoxy) is 1. The van der Waals surface area contributed by atoms with Crippen LogP contribution in [0.3, 0.4) is 0 Å². The van der Waals surface area contributed by atoms with Crippen LogP contribution in [-0.2, 0) is 14.8 Å². The van der Waals surface area contributed by atoms with Gasteiger partial charge in [0.25, 0.3) is 10.0 Å². The predicted molar refractivity (Wildman–Crippen MR) is 126 cm³/mol. The topological polar surface area (TPSA) is 75.7 Å². The Bertz CT molecular complexity index is 1200. The zero-order chi connectivity index (χ0) is 23.3. The Kier molecular flexibility index (Phi) is 7.52. The van der Waals surface area contributed by atoms with Crippen molar-refractivity contribution < 1.29 is 22.3 Å². The Labute approximate surface area is 195 Å². The number of sulfonamides is 1. The Morgan fingerprint density at radius 3 is 2.31 bits per heavy atom. The fourth-order valence-electron chi connectivity index (χ4n) is 2.98. The smallest absolute Gasteiger partial charge is 0.264 e. The number of nitrogens with zero attached hydrogens (tertiary/aromatic N) is 1. The number of hydrogen-bond donors (Lipinski definition) is 1. The molecule has 0 saturated carbocycles. The van der Waals surface area contributed by atoms with Crippen molar-refractivity contribution >= 4 is 43.2 Å². The number of amides is 1. The predicted octanol–water partition coefficient (Wildman–Crippen LogP) is 5.13. The summed E-state index contributed by atoms with van der Waals surface area (Å²) >= 11 is 3.40. The highest BCUT2D eigenvalue weighted by Gasteiger charge is 2.27. The van der Waals surface area contributed by atoms with Gasteiger partial charge < -0.3 is 10.1 Å². The van der Waals surface area contributed by atoms with Crippen LogP contribution in [0.25, 0.3) is 0 Å². The fraction of sp³-hybridized carbons (Fsp3) is 0.174. The molecule has 0 unspecified atom stereocenters. The first-order valence-corrected chi connectivity index (χ1v) is 12.0. The normalized spacial score (nSPS) is 11.1. The van der Waals surface area contributed by atoms with E-state index in [2.05, 4.69) is 21.2 Å². The molecule has 3 rings (SSSR count). The van der Waals surface area contributed by atoms with Crippen molar-refractivity contribution in [3.8, 4) is 5.75 Å². The molecule has 0 aliphatic rings. The number of halogens is 2. The lowest BCUT2D eigenvalue weighted by Crippen LogP contribution is -2.38. The Hall–Kier alpha value is -2.91. The lowest BCUT2D eigenvalue weighted by Gasteiger charge is -2.24. The van der Waals surface area contributed by atoms with E-state index in [4.69, 9.17) is 4.74 Å². The molecule has 32 heavy (non-hydrogen) atoms. The molecule has 0 aliphatic carbocycles. The molecule has 0 aromatic heterocycles. The van der Waals surface area contributed by atoms with Gasteiger partial charge in [0, 0.05) is 10.2 Å². The van der Waals surface area contributed by atoms with Gasteiger partial charge in [-0.1, -0.05) is 15.9 Å². The number of aryl methyl sites for hydroxylation is 1. The maximum atomic E-state index is 13.3. The van der Waals surface area contributed by atoms with Crippen LogP contribution in [0, 0.1) is 12.7 Å². The second-order valence-corrected chi connectivity index (χ2v) is 9.62. The molecule has 0 heterocycles. The summed E-state index contributed by atoms with van der Waals surface area (Å²) in [6, 6.07) is 16.1. The summed E-state index contributed by atoms with van der Waals surface area (Å²) in [6.45, 7) is 3.72. The molecule has 3 aromatic rings. The first kappa shape index (κ1) is 23.7.